The minimum atomic E-state index is -3.97. The molecule has 0 bridgehead atoms. The van der Waals surface area contributed by atoms with Crippen molar-refractivity contribution in [3.63, 3.8) is 0 Å². The van der Waals surface area contributed by atoms with Gasteiger partial charge in [-0.05, 0) is 58.4 Å². The van der Waals surface area contributed by atoms with E-state index in [4.69, 9.17) is 4.52 Å². The van der Waals surface area contributed by atoms with Crippen LogP contribution >= 0.6 is 27.3 Å². The van der Waals surface area contributed by atoms with E-state index in [2.05, 4.69) is 31.1 Å². The van der Waals surface area contributed by atoms with Gasteiger partial charge in [-0.15, -0.1) is 11.3 Å². The van der Waals surface area contributed by atoms with Crippen LogP contribution < -0.4 is 10.0 Å². The van der Waals surface area contributed by atoms with E-state index in [1.54, 1.807) is 24.4 Å². The number of carbonyl (C=O) groups excluding carboxylic acids is 1. The number of aromatic nitrogens is 1. The molecule has 3 rings (SSSR count). The largest absolute Gasteiger partial charge is 0.336 e. The lowest BCUT2D eigenvalue weighted by atomic mass is 10.1. The van der Waals surface area contributed by atoms with Crippen molar-refractivity contribution in [1.29, 1.82) is 0 Å². The summed E-state index contributed by atoms with van der Waals surface area (Å²) in [6.07, 6.45) is 0.873. The topological polar surface area (TPSA) is 101 Å². The van der Waals surface area contributed by atoms with Gasteiger partial charge in [-0.2, -0.15) is 0 Å². The van der Waals surface area contributed by atoms with Gasteiger partial charge in [-0.1, -0.05) is 24.2 Å². The third-order valence-electron chi connectivity index (χ3n) is 3.79. The van der Waals surface area contributed by atoms with Crippen molar-refractivity contribution in [2.24, 2.45) is 0 Å². The Morgan fingerprint density at radius 3 is 2.56 bits per heavy atom. The van der Waals surface area contributed by atoms with Crippen LogP contribution in [-0.2, 0) is 16.4 Å². The molecule has 0 unspecified atom stereocenters. The van der Waals surface area contributed by atoms with Crippen molar-refractivity contribution < 1.29 is 17.7 Å². The molecule has 1 aromatic carbocycles. The molecule has 0 aliphatic heterocycles. The summed E-state index contributed by atoms with van der Waals surface area (Å²) < 4.78 is 33.1. The molecule has 142 valence electrons. The highest BCUT2D eigenvalue weighted by Gasteiger charge is 2.25. The Balaban J connectivity index is 1.82. The van der Waals surface area contributed by atoms with E-state index in [0.29, 0.717) is 15.7 Å². The van der Waals surface area contributed by atoms with E-state index < -0.39 is 10.0 Å². The zero-order valence-electron chi connectivity index (χ0n) is 14.4. The van der Waals surface area contributed by atoms with Crippen LogP contribution in [0.2, 0.25) is 0 Å². The van der Waals surface area contributed by atoms with E-state index in [9.17, 15) is 13.2 Å². The molecule has 2 N–H and O–H groups in total. The lowest BCUT2D eigenvalue weighted by Crippen LogP contribution is -2.17. The van der Waals surface area contributed by atoms with Gasteiger partial charge >= 0.3 is 0 Å². The SMILES string of the molecule is CCc1ccc(C(=O)Nc2sccc2S(=O)(=O)Nc2onc(C)c2Br)cc1. The molecule has 0 radical (unpaired) electrons. The van der Waals surface area contributed by atoms with Gasteiger partial charge in [0.15, 0.2) is 0 Å². The number of anilines is 2. The quantitative estimate of drug-likeness (QED) is 0.556. The molecule has 0 saturated heterocycles. The summed E-state index contributed by atoms with van der Waals surface area (Å²) in [5, 5.41) is 8.16. The van der Waals surface area contributed by atoms with E-state index in [0.717, 1.165) is 23.3 Å². The summed E-state index contributed by atoms with van der Waals surface area (Å²) in [7, 11) is -3.97. The van der Waals surface area contributed by atoms with Gasteiger partial charge in [-0.25, -0.2) is 13.1 Å². The lowest BCUT2D eigenvalue weighted by molar-refractivity contribution is 0.102. The number of aryl methyl sites for hydroxylation is 2. The third-order valence-corrected chi connectivity index (χ3v) is 7.05. The van der Waals surface area contributed by atoms with Gasteiger partial charge < -0.3 is 9.84 Å². The van der Waals surface area contributed by atoms with Gasteiger partial charge in [-0.3, -0.25) is 4.79 Å². The summed E-state index contributed by atoms with van der Waals surface area (Å²) in [6.45, 7) is 3.70. The lowest BCUT2D eigenvalue weighted by Gasteiger charge is -2.08. The molecule has 10 heteroatoms. The fourth-order valence-electron chi connectivity index (χ4n) is 2.27. The summed E-state index contributed by atoms with van der Waals surface area (Å²) in [5.41, 5.74) is 2.08. The van der Waals surface area contributed by atoms with Crippen LogP contribution in [0.25, 0.3) is 0 Å². The van der Waals surface area contributed by atoms with Gasteiger partial charge in [0, 0.05) is 5.56 Å². The number of nitrogens with zero attached hydrogens (tertiary/aromatic N) is 1. The standard InChI is InChI=1S/C17H16BrN3O4S2/c1-3-11-4-6-12(7-5-11)15(22)19-17-13(8-9-26-17)27(23,24)21-16-14(18)10(2)20-25-16/h4-9,21H,3H2,1-2H3,(H,19,22). The zero-order chi connectivity index (χ0) is 19.6. The first-order valence-electron chi connectivity index (χ1n) is 7.94. The maximum absolute atomic E-state index is 12.7. The highest BCUT2D eigenvalue weighted by molar-refractivity contribution is 9.10. The Kier molecular flexibility index (Phi) is 5.68. The molecule has 7 nitrogen and oxygen atoms in total. The third kappa shape index (κ3) is 4.23. The molecule has 0 fully saturated rings. The Labute approximate surface area is 169 Å². The first-order valence-corrected chi connectivity index (χ1v) is 11.1. The highest BCUT2D eigenvalue weighted by atomic mass is 79.9. The van der Waals surface area contributed by atoms with Gasteiger partial charge in [0.25, 0.3) is 21.8 Å². The van der Waals surface area contributed by atoms with Crippen LogP contribution in [0, 0.1) is 6.92 Å². The van der Waals surface area contributed by atoms with Gasteiger partial charge in [0.1, 0.15) is 14.4 Å². The number of halogens is 1. The zero-order valence-corrected chi connectivity index (χ0v) is 17.7. The molecule has 0 aliphatic rings. The Hall–Kier alpha value is -2.17. The number of rotatable bonds is 6. The highest BCUT2D eigenvalue weighted by Crippen LogP contribution is 2.32. The normalized spacial score (nSPS) is 11.4. The second-order valence-corrected chi connectivity index (χ2v) is 9.00. The minimum absolute atomic E-state index is 0.0221. The fourth-order valence-corrected chi connectivity index (χ4v) is 4.91. The fraction of sp³-hybridized carbons (Fsp3) is 0.176. The minimum Gasteiger partial charge on any atom is -0.336 e. The van der Waals surface area contributed by atoms with E-state index in [1.165, 1.54) is 6.07 Å². The maximum Gasteiger partial charge on any atom is 0.267 e. The van der Waals surface area contributed by atoms with Crippen molar-refractivity contribution >= 4 is 54.1 Å². The van der Waals surface area contributed by atoms with Crippen LogP contribution in [-0.4, -0.2) is 19.5 Å². The molecule has 2 aromatic heterocycles. The number of amides is 1. The van der Waals surface area contributed by atoms with Crippen LogP contribution in [0.15, 0.2) is 49.6 Å². The number of hydrogen-bond acceptors (Lipinski definition) is 6. The predicted molar refractivity (Wildman–Crippen MR) is 108 cm³/mol. The van der Waals surface area contributed by atoms with Crippen molar-refractivity contribution in [3.05, 3.63) is 57.0 Å². The smallest absolute Gasteiger partial charge is 0.267 e. The number of thiophene rings is 1. The average Bonchev–Trinajstić information content (AvgIpc) is 3.24. The molecule has 2 heterocycles. The molecule has 0 atom stereocenters. The molecule has 3 aromatic rings. The first-order chi connectivity index (χ1) is 12.8. The summed E-state index contributed by atoms with van der Waals surface area (Å²) >= 11 is 4.33. The number of nitrogens with one attached hydrogen (secondary N) is 2. The summed E-state index contributed by atoms with van der Waals surface area (Å²) in [4.78, 5) is 12.4. The van der Waals surface area contributed by atoms with Crippen LogP contribution in [0.4, 0.5) is 10.9 Å². The molecular formula is C17H16BrN3O4S2. The van der Waals surface area contributed by atoms with Gasteiger partial charge in [0.05, 0.1) is 5.69 Å². The van der Waals surface area contributed by atoms with E-state index >= 15 is 0 Å². The molecule has 0 spiro atoms. The van der Waals surface area contributed by atoms with E-state index in [1.807, 2.05) is 19.1 Å². The maximum atomic E-state index is 12.7. The molecule has 0 aliphatic carbocycles. The number of carbonyl (C=O) groups is 1. The summed E-state index contributed by atoms with van der Waals surface area (Å²) in [6, 6.07) is 8.57. The number of sulfonamides is 1. The average molecular weight is 470 g/mol. The Morgan fingerprint density at radius 2 is 1.96 bits per heavy atom. The van der Waals surface area contributed by atoms with Crippen LogP contribution in [0.1, 0.15) is 28.5 Å². The molecule has 0 saturated carbocycles. The second kappa shape index (κ2) is 7.83. The molecular weight excluding hydrogens is 454 g/mol. The van der Waals surface area contributed by atoms with Crippen LogP contribution in [0.5, 0.6) is 0 Å². The van der Waals surface area contributed by atoms with Crippen LogP contribution in [0.3, 0.4) is 0 Å². The predicted octanol–water partition coefficient (Wildman–Crippen LogP) is 4.42. The number of benzene rings is 1. The number of hydrogen-bond donors (Lipinski definition) is 2. The van der Waals surface area contributed by atoms with Crippen molar-refractivity contribution in [2.45, 2.75) is 25.2 Å². The first kappa shape index (κ1) is 19.6. The van der Waals surface area contributed by atoms with Crippen molar-refractivity contribution in [3.8, 4) is 0 Å². The van der Waals surface area contributed by atoms with Crippen molar-refractivity contribution in [1.82, 2.24) is 5.16 Å². The van der Waals surface area contributed by atoms with E-state index in [-0.39, 0.29) is 21.7 Å². The van der Waals surface area contributed by atoms with Gasteiger partial charge in [0.2, 0.25) is 0 Å². The molecule has 27 heavy (non-hydrogen) atoms. The second-order valence-electron chi connectivity index (χ2n) is 5.64. The Morgan fingerprint density at radius 1 is 1.26 bits per heavy atom. The Bertz CT molecular complexity index is 1070. The monoisotopic (exact) mass is 469 g/mol. The summed E-state index contributed by atoms with van der Waals surface area (Å²) in [5.74, 6) is -0.403. The molecule has 1 amide bonds. The van der Waals surface area contributed by atoms with Crippen molar-refractivity contribution in [2.75, 3.05) is 10.0 Å².